The molecule has 1 unspecified atom stereocenters. The third kappa shape index (κ3) is 0.905. The Bertz CT molecular complexity index is 168. The summed E-state index contributed by atoms with van der Waals surface area (Å²) in [7, 11) is 0. The highest BCUT2D eigenvalue weighted by Gasteiger charge is 2.73. The van der Waals surface area contributed by atoms with E-state index in [0.29, 0.717) is 19.4 Å². The minimum Gasteiger partial charge on any atom is -0.330 e. The first-order valence-electron chi connectivity index (χ1n) is 3.70. The molecule has 1 spiro atoms. The van der Waals surface area contributed by atoms with Gasteiger partial charge in [0.25, 0.3) is 5.92 Å². The number of nitrogens with two attached hydrogens (primary N) is 1. The second-order valence-electron chi connectivity index (χ2n) is 3.50. The summed E-state index contributed by atoms with van der Waals surface area (Å²) in [6.45, 7) is 0.440. The molecule has 1 nitrogen and oxygen atoms in total. The number of rotatable bonds is 1. The van der Waals surface area contributed by atoms with Gasteiger partial charge in [0.05, 0.1) is 0 Å². The van der Waals surface area contributed by atoms with Crippen molar-refractivity contribution in [2.45, 2.75) is 25.2 Å². The fraction of sp³-hybridized carbons (Fsp3) is 1.00. The lowest BCUT2D eigenvalue weighted by atomic mass is 9.67. The molecule has 0 aromatic carbocycles. The minimum atomic E-state index is -2.38. The molecule has 0 bridgehead atoms. The van der Waals surface area contributed by atoms with Gasteiger partial charge in [-0.05, 0) is 25.3 Å². The molecule has 0 aromatic heterocycles. The van der Waals surface area contributed by atoms with Crippen molar-refractivity contribution in [3.63, 3.8) is 0 Å². The molecule has 0 amide bonds. The van der Waals surface area contributed by atoms with Crippen molar-refractivity contribution in [3.05, 3.63) is 0 Å². The molecule has 2 rings (SSSR count). The van der Waals surface area contributed by atoms with Gasteiger partial charge in [-0.3, -0.25) is 0 Å². The minimum absolute atomic E-state index is 0. The zero-order valence-electron chi connectivity index (χ0n) is 6.15. The van der Waals surface area contributed by atoms with Gasteiger partial charge in [0, 0.05) is 11.8 Å². The van der Waals surface area contributed by atoms with Gasteiger partial charge in [0.1, 0.15) is 0 Å². The Hall–Kier alpha value is 0.110. The molecule has 2 N–H and O–H groups in total. The molecule has 0 saturated heterocycles. The maximum absolute atomic E-state index is 12.8. The zero-order valence-corrected chi connectivity index (χ0v) is 6.96. The van der Waals surface area contributed by atoms with Gasteiger partial charge in [0.2, 0.25) is 0 Å². The fourth-order valence-electron chi connectivity index (χ4n) is 2.09. The average Bonchev–Trinajstić information content (AvgIpc) is 2.62. The van der Waals surface area contributed by atoms with E-state index in [4.69, 9.17) is 5.73 Å². The Kier molecular flexibility index (Phi) is 1.92. The first-order chi connectivity index (χ1) is 4.62. The molecule has 2 saturated carbocycles. The molecule has 0 aliphatic heterocycles. The molecule has 2 fully saturated rings. The third-order valence-corrected chi connectivity index (χ3v) is 3.09. The summed E-state index contributed by atoms with van der Waals surface area (Å²) in [4.78, 5) is 0. The lowest BCUT2D eigenvalue weighted by Crippen LogP contribution is -2.52. The number of halogens is 3. The Morgan fingerprint density at radius 1 is 1.36 bits per heavy atom. The Balaban J connectivity index is 0.000000605. The van der Waals surface area contributed by atoms with Gasteiger partial charge in [-0.15, -0.1) is 12.4 Å². The van der Waals surface area contributed by atoms with Crippen molar-refractivity contribution in [1.82, 2.24) is 0 Å². The molecular weight excluding hydrogens is 172 g/mol. The lowest BCUT2D eigenvalue weighted by molar-refractivity contribution is -0.188. The maximum atomic E-state index is 12.8. The second kappa shape index (κ2) is 2.30. The van der Waals surface area contributed by atoms with E-state index in [1.807, 2.05) is 0 Å². The van der Waals surface area contributed by atoms with E-state index in [0.717, 1.165) is 0 Å². The van der Waals surface area contributed by atoms with Gasteiger partial charge in [-0.1, -0.05) is 0 Å². The van der Waals surface area contributed by atoms with Crippen LogP contribution in [0.15, 0.2) is 0 Å². The molecule has 1 atom stereocenters. The summed E-state index contributed by atoms with van der Waals surface area (Å²) in [5.41, 5.74) is 4.71. The lowest BCUT2D eigenvalue weighted by Gasteiger charge is -2.45. The van der Waals surface area contributed by atoms with Crippen molar-refractivity contribution in [2.75, 3.05) is 6.54 Å². The van der Waals surface area contributed by atoms with Gasteiger partial charge in [-0.25, -0.2) is 8.78 Å². The Labute approximate surface area is 70.7 Å². The van der Waals surface area contributed by atoms with Crippen LogP contribution in [0.1, 0.15) is 19.3 Å². The predicted octanol–water partition coefficient (Wildman–Crippen LogP) is 1.80. The topological polar surface area (TPSA) is 26.0 Å². The molecule has 0 aromatic rings. The van der Waals surface area contributed by atoms with Crippen LogP contribution < -0.4 is 5.73 Å². The third-order valence-electron chi connectivity index (χ3n) is 3.09. The van der Waals surface area contributed by atoms with Crippen LogP contribution in [0.3, 0.4) is 0 Å². The predicted molar refractivity (Wildman–Crippen MR) is 41.0 cm³/mol. The molecule has 0 heterocycles. The highest BCUT2D eigenvalue weighted by atomic mass is 35.5. The smallest absolute Gasteiger partial charge is 0.254 e. The van der Waals surface area contributed by atoms with Crippen LogP contribution in [0, 0.1) is 11.3 Å². The van der Waals surface area contributed by atoms with E-state index in [9.17, 15) is 8.78 Å². The molecule has 4 heteroatoms. The molecule has 66 valence electrons. The Morgan fingerprint density at radius 2 is 1.91 bits per heavy atom. The largest absolute Gasteiger partial charge is 0.330 e. The van der Waals surface area contributed by atoms with E-state index in [2.05, 4.69) is 0 Å². The first kappa shape index (κ1) is 9.20. The quantitative estimate of drug-likeness (QED) is 0.659. The van der Waals surface area contributed by atoms with E-state index in [1.165, 1.54) is 0 Å². The summed E-state index contributed by atoms with van der Waals surface area (Å²) in [5, 5.41) is 0. The van der Waals surface area contributed by atoms with Crippen LogP contribution in [0.2, 0.25) is 0 Å². The van der Waals surface area contributed by atoms with E-state index in [-0.39, 0.29) is 24.7 Å². The van der Waals surface area contributed by atoms with Crippen molar-refractivity contribution in [2.24, 2.45) is 17.1 Å². The molecule has 2 aliphatic rings. The number of hydrogen-bond donors (Lipinski definition) is 1. The van der Waals surface area contributed by atoms with E-state index < -0.39 is 11.3 Å². The summed E-state index contributed by atoms with van der Waals surface area (Å²) in [5.74, 6) is -2.26. The highest BCUT2D eigenvalue weighted by molar-refractivity contribution is 5.85. The molecule has 2 aliphatic carbocycles. The maximum Gasteiger partial charge on any atom is 0.254 e. The van der Waals surface area contributed by atoms with Gasteiger partial charge >= 0.3 is 0 Å². The molecule has 11 heavy (non-hydrogen) atoms. The van der Waals surface area contributed by atoms with Gasteiger partial charge in [-0.2, -0.15) is 0 Å². The van der Waals surface area contributed by atoms with Crippen LogP contribution in [-0.4, -0.2) is 12.5 Å². The van der Waals surface area contributed by atoms with Crippen molar-refractivity contribution >= 4 is 12.4 Å². The van der Waals surface area contributed by atoms with Crippen molar-refractivity contribution < 1.29 is 8.78 Å². The monoisotopic (exact) mass is 183 g/mol. The van der Waals surface area contributed by atoms with Gasteiger partial charge in [0.15, 0.2) is 0 Å². The van der Waals surface area contributed by atoms with Crippen LogP contribution >= 0.6 is 12.4 Å². The standard InChI is InChI=1S/C7H11F2N.ClH/c8-7(9)3-5(4-10)6(7)1-2-6;/h5H,1-4,10H2;1H. The second-order valence-corrected chi connectivity index (χ2v) is 3.50. The zero-order chi connectivity index (χ0) is 7.41. The fourth-order valence-corrected chi connectivity index (χ4v) is 2.09. The van der Waals surface area contributed by atoms with Crippen molar-refractivity contribution in [3.8, 4) is 0 Å². The van der Waals surface area contributed by atoms with Crippen LogP contribution in [0.4, 0.5) is 8.78 Å². The first-order valence-corrected chi connectivity index (χ1v) is 3.70. The van der Waals surface area contributed by atoms with Gasteiger partial charge < -0.3 is 5.73 Å². The normalized spacial score (nSPS) is 35.7. The highest BCUT2D eigenvalue weighted by Crippen LogP contribution is 2.71. The summed E-state index contributed by atoms with van der Waals surface area (Å²) >= 11 is 0. The van der Waals surface area contributed by atoms with Crippen LogP contribution in [0.5, 0.6) is 0 Å². The molecule has 0 radical (unpaired) electrons. The van der Waals surface area contributed by atoms with Crippen LogP contribution in [0.25, 0.3) is 0 Å². The van der Waals surface area contributed by atoms with Crippen molar-refractivity contribution in [1.29, 1.82) is 0 Å². The summed E-state index contributed by atoms with van der Waals surface area (Å²) in [6, 6.07) is 0. The number of hydrogen-bond acceptors (Lipinski definition) is 1. The van der Waals surface area contributed by atoms with E-state index >= 15 is 0 Å². The SMILES string of the molecule is Cl.NCC1CC(F)(F)C12CC2. The number of alkyl halides is 2. The summed E-state index contributed by atoms with van der Waals surface area (Å²) < 4.78 is 25.5. The average molecular weight is 184 g/mol. The van der Waals surface area contributed by atoms with Crippen LogP contribution in [-0.2, 0) is 0 Å². The van der Waals surface area contributed by atoms with E-state index in [1.54, 1.807) is 0 Å². The Morgan fingerprint density at radius 3 is 2.09 bits per heavy atom. The summed E-state index contributed by atoms with van der Waals surface area (Å²) in [6.07, 6.45) is 1.42. The molecular formula is C7H12ClF2N.